The molecule has 1 aromatic rings. The molecule has 226 valence electrons. The second-order valence-electron chi connectivity index (χ2n) is 10.2. The fourth-order valence-electron chi connectivity index (χ4n) is 4.39. The third-order valence-corrected chi connectivity index (χ3v) is 6.46. The van der Waals surface area contributed by atoms with Crippen molar-refractivity contribution in [3.05, 3.63) is 23.8 Å². The van der Waals surface area contributed by atoms with Crippen LogP contribution >= 0.6 is 0 Å². The number of benzene rings is 1. The number of para-hydroxylation sites is 1. The van der Waals surface area contributed by atoms with E-state index < -0.39 is 59.8 Å². The molecular weight excluding hydrogens is 616 g/mol. The first kappa shape index (κ1) is 35.1. The van der Waals surface area contributed by atoms with Gasteiger partial charge in [0.05, 0.1) is 5.92 Å². The van der Waals surface area contributed by atoms with Crippen LogP contribution in [0.15, 0.2) is 18.2 Å². The Kier molecular flexibility index (Phi) is 15.0. The maximum absolute atomic E-state index is 13.3. The summed E-state index contributed by atoms with van der Waals surface area (Å²) in [6.07, 6.45) is 1.06. The second kappa shape index (κ2) is 17.0. The fourth-order valence-corrected chi connectivity index (χ4v) is 4.39. The number of nitrogens with one attached hydrogen (secondary N) is 2. The monoisotopic (exact) mass is 654 g/mol. The Hall–Kier alpha value is -2.89. The predicted octanol–water partition coefficient (Wildman–Crippen LogP) is 2.85. The molecule has 1 fully saturated rings. The van der Waals surface area contributed by atoms with E-state index in [0.717, 1.165) is 19.3 Å². The predicted molar refractivity (Wildman–Crippen MR) is 140 cm³/mol. The first-order valence-electron chi connectivity index (χ1n) is 13.4. The minimum absolute atomic E-state index is 0. The van der Waals surface area contributed by atoms with Crippen LogP contribution < -0.4 is 15.7 Å². The van der Waals surface area contributed by atoms with E-state index >= 15 is 0 Å². The van der Waals surface area contributed by atoms with E-state index in [4.69, 9.17) is 14.2 Å². The van der Waals surface area contributed by atoms with Crippen LogP contribution in [0.2, 0.25) is 0 Å². The van der Waals surface area contributed by atoms with Gasteiger partial charge in [0, 0.05) is 17.7 Å². The Bertz CT molecular complexity index is 1030. The van der Waals surface area contributed by atoms with E-state index in [9.17, 15) is 29.1 Å². The summed E-state index contributed by atoms with van der Waals surface area (Å²) < 4.78 is 16.9. The zero-order valence-corrected chi connectivity index (χ0v) is 25.0. The molecule has 0 unspecified atom stereocenters. The molecule has 11 nitrogen and oxygen atoms in total. The molecule has 1 heterocycles. The second-order valence-corrected chi connectivity index (χ2v) is 10.2. The number of amides is 2. The van der Waals surface area contributed by atoms with Crippen molar-refractivity contribution in [2.75, 3.05) is 5.32 Å². The zero-order chi connectivity index (χ0) is 29.1. The van der Waals surface area contributed by atoms with Gasteiger partial charge in [-0.05, 0) is 38.3 Å². The van der Waals surface area contributed by atoms with Gasteiger partial charge >= 0.3 is 40.3 Å². The molecular formula is C28H39AgN2O9. The number of esters is 3. The average molecular weight is 655 g/mol. The minimum atomic E-state index is -1.45. The van der Waals surface area contributed by atoms with Gasteiger partial charge in [0.15, 0.2) is 12.1 Å². The number of ether oxygens (including phenoxy) is 3. The molecule has 12 heteroatoms. The number of anilines is 1. The summed E-state index contributed by atoms with van der Waals surface area (Å²) in [7, 11) is 0. The van der Waals surface area contributed by atoms with Gasteiger partial charge in [0.2, 0.25) is 6.41 Å². The molecule has 0 aliphatic carbocycles. The summed E-state index contributed by atoms with van der Waals surface area (Å²) in [5.74, 6) is -4.63. The van der Waals surface area contributed by atoms with E-state index in [0.29, 0.717) is 19.3 Å². The van der Waals surface area contributed by atoms with E-state index in [-0.39, 0.29) is 46.0 Å². The summed E-state index contributed by atoms with van der Waals surface area (Å²) in [5.41, 5.74) is -0.435. The van der Waals surface area contributed by atoms with E-state index in [1.54, 1.807) is 0 Å². The van der Waals surface area contributed by atoms with Gasteiger partial charge in [-0.25, -0.2) is 4.79 Å². The summed E-state index contributed by atoms with van der Waals surface area (Å²) in [4.78, 5) is 62.8. The number of hydrogen-bond acceptors (Lipinski definition) is 9. The molecule has 2 N–H and O–H groups in total. The van der Waals surface area contributed by atoms with Crippen molar-refractivity contribution in [2.24, 2.45) is 11.8 Å². The largest absolute Gasteiger partial charge is 1.00 e. The van der Waals surface area contributed by atoms with Crippen LogP contribution in [-0.2, 0) is 55.8 Å². The van der Waals surface area contributed by atoms with Gasteiger partial charge in [-0.1, -0.05) is 58.3 Å². The molecule has 40 heavy (non-hydrogen) atoms. The molecule has 1 aliphatic heterocycles. The third-order valence-electron chi connectivity index (χ3n) is 6.46. The zero-order valence-electron chi connectivity index (χ0n) is 23.5. The quantitative estimate of drug-likeness (QED) is 0.114. The Morgan fingerprint density at radius 1 is 1.07 bits per heavy atom. The molecule has 1 saturated heterocycles. The first-order chi connectivity index (χ1) is 18.5. The molecule has 0 bridgehead atoms. The van der Waals surface area contributed by atoms with Gasteiger partial charge in [0.25, 0.3) is 5.91 Å². The van der Waals surface area contributed by atoms with Crippen LogP contribution in [0.4, 0.5) is 5.69 Å². The number of cyclic esters (lactones) is 2. The number of hydrogen-bond donors (Lipinski definition) is 2. The Balaban J connectivity index is 0.00000800. The molecule has 0 aromatic heterocycles. The Morgan fingerprint density at radius 2 is 1.75 bits per heavy atom. The minimum Gasteiger partial charge on any atom is -0.871 e. The molecule has 1 aliphatic rings. The topological polar surface area (TPSA) is 160 Å². The Morgan fingerprint density at radius 3 is 2.38 bits per heavy atom. The van der Waals surface area contributed by atoms with Crippen molar-refractivity contribution >= 4 is 35.9 Å². The number of unbranched alkanes of at least 4 members (excludes halogenated alkanes) is 3. The SMILES string of the molecule is CCCCCC[C@H]1C(=O)O[C@H](C)[C@H](NC(=O)c2cccc(NC=O)c2[O-])C(=O)O[C@@H](C)[C@@H]1OC(=O)CC(C)C.[Ag+]. The van der Waals surface area contributed by atoms with E-state index in [2.05, 4.69) is 17.6 Å². The van der Waals surface area contributed by atoms with E-state index in [1.165, 1.54) is 32.0 Å². The molecule has 2 amide bonds. The van der Waals surface area contributed by atoms with Crippen LogP contribution in [-0.4, -0.2) is 54.6 Å². The van der Waals surface area contributed by atoms with Gasteiger partial charge in [-0.3, -0.25) is 19.2 Å². The summed E-state index contributed by atoms with van der Waals surface area (Å²) in [6, 6.07) is 2.52. The molecule has 1 aromatic carbocycles. The number of carbonyl (C=O) groups is 5. The molecule has 2 rings (SSSR count). The fraction of sp³-hybridized carbons (Fsp3) is 0.607. The van der Waals surface area contributed by atoms with Gasteiger partial charge in [0.1, 0.15) is 12.2 Å². The van der Waals surface area contributed by atoms with E-state index in [1.807, 2.05) is 13.8 Å². The molecule has 5 atom stereocenters. The summed E-state index contributed by atoms with van der Waals surface area (Å²) in [5, 5.41) is 17.2. The summed E-state index contributed by atoms with van der Waals surface area (Å²) in [6.45, 7) is 8.73. The summed E-state index contributed by atoms with van der Waals surface area (Å²) >= 11 is 0. The molecule has 0 saturated carbocycles. The van der Waals surface area contributed by atoms with Gasteiger partial charge in [-0.15, -0.1) is 0 Å². The van der Waals surface area contributed by atoms with Crippen LogP contribution in [0.25, 0.3) is 0 Å². The molecule has 0 radical (unpaired) electrons. The maximum atomic E-state index is 13.3. The number of carbonyl (C=O) groups excluding carboxylic acids is 5. The average Bonchev–Trinajstić information content (AvgIpc) is 2.88. The third kappa shape index (κ3) is 9.94. The van der Waals surface area contributed by atoms with Crippen molar-refractivity contribution in [1.82, 2.24) is 5.32 Å². The molecule has 0 spiro atoms. The van der Waals surface area contributed by atoms with Crippen molar-refractivity contribution in [3.8, 4) is 5.75 Å². The van der Waals surface area contributed by atoms with Crippen LogP contribution in [0, 0.1) is 11.8 Å². The number of rotatable bonds is 12. The standard InChI is InChI=1S/C28H40N2O9.Ag/c1-6-7-8-9-11-20-25(39-22(32)14-16(2)3)18(5)38-28(36)23(17(4)37-27(20)35)30-26(34)19-12-10-13-21(24(19)33)29-15-31;/h10,12-13,15-18,20,23,25,33H,6-9,11,14H2,1-5H3,(H,29,31)(H,30,34);/q;+1/p-1/t17-,18+,20-,23+,25+;/m1./s1. The van der Waals surface area contributed by atoms with Crippen molar-refractivity contribution in [1.29, 1.82) is 0 Å². The first-order valence-corrected chi connectivity index (χ1v) is 13.4. The van der Waals surface area contributed by atoms with Crippen molar-refractivity contribution < 1.29 is 65.7 Å². The maximum Gasteiger partial charge on any atom is 1.00 e. The van der Waals surface area contributed by atoms with Crippen LogP contribution in [0.5, 0.6) is 5.75 Å². The van der Waals surface area contributed by atoms with Gasteiger partial charge in [-0.2, -0.15) is 0 Å². The van der Waals surface area contributed by atoms with Crippen molar-refractivity contribution in [2.45, 2.75) is 97.5 Å². The van der Waals surface area contributed by atoms with Crippen molar-refractivity contribution in [3.63, 3.8) is 0 Å². The van der Waals surface area contributed by atoms with Crippen LogP contribution in [0.1, 0.15) is 83.5 Å². The Labute approximate surface area is 250 Å². The van der Waals surface area contributed by atoms with Gasteiger partial charge < -0.3 is 30.0 Å². The van der Waals surface area contributed by atoms with Crippen LogP contribution in [0.3, 0.4) is 0 Å². The normalized spacial score (nSPS) is 22.9. The smallest absolute Gasteiger partial charge is 0.871 e.